The Morgan fingerprint density at radius 2 is 2.27 bits per heavy atom. The van der Waals surface area contributed by atoms with Crippen molar-refractivity contribution < 1.29 is 4.39 Å². The van der Waals surface area contributed by atoms with Gasteiger partial charge < -0.3 is 5.73 Å². The summed E-state index contributed by atoms with van der Waals surface area (Å²) in [6.45, 7) is 3.67. The van der Waals surface area contributed by atoms with Crippen molar-refractivity contribution in [3.8, 4) is 0 Å². The highest BCUT2D eigenvalue weighted by Crippen LogP contribution is 2.13. The van der Waals surface area contributed by atoms with E-state index in [1.54, 1.807) is 0 Å². The second-order valence-corrected chi connectivity index (χ2v) is 2.65. The molecular formula is C8H11FN2. The fourth-order valence-corrected chi connectivity index (χ4v) is 1.01. The van der Waals surface area contributed by atoms with E-state index in [4.69, 9.17) is 5.73 Å². The van der Waals surface area contributed by atoms with Crippen LogP contribution in [0.2, 0.25) is 0 Å². The van der Waals surface area contributed by atoms with Gasteiger partial charge in [0.1, 0.15) is 0 Å². The van der Waals surface area contributed by atoms with Crippen LogP contribution in [0.5, 0.6) is 0 Å². The highest BCUT2D eigenvalue weighted by molar-refractivity contribution is 5.24. The maximum absolute atomic E-state index is 12.5. The Labute approximate surface area is 65.3 Å². The van der Waals surface area contributed by atoms with Crippen molar-refractivity contribution in [2.24, 2.45) is 5.73 Å². The maximum Gasteiger partial charge on any atom is 0.213 e. The standard InChI is InChI=1S/C8H11FN2/c1-5-3-8(9)11-4-7(5)6(2)10/h3-4,6H,10H2,1-2H3. The van der Waals surface area contributed by atoms with E-state index in [2.05, 4.69) is 4.98 Å². The zero-order valence-electron chi connectivity index (χ0n) is 6.63. The highest BCUT2D eigenvalue weighted by Gasteiger charge is 2.04. The first-order valence-electron chi connectivity index (χ1n) is 3.49. The van der Waals surface area contributed by atoms with Gasteiger partial charge in [-0.05, 0) is 31.0 Å². The predicted molar refractivity (Wildman–Crippen MR) is 41.5 cm³/mol. The third kappa shape index (κ3) is 1.74. The molecule has 0 aromatic carbocycles. The van der Waals surface area contributed by atoms with E-state index < -0.39 is 5.95 Å². The van der Waals surface area contributed by atoms with Crippen molar-refractivity contribution in [1.29, 1.82) is 0 Å². The molecule has 1 heterocycles. The van der Waals surface area contributed by atoms with Gasteiger partial charge >= 0.3 is 0 Å². The van der Waals surface area contributed by atoms with E-state index in [0.717, 1.165) is 11.1 Å². The number of aryl methyl sites for hydroxylation is 1. The largest absolute Gasteiger partial charge is 0.324 e. The van der Waals surface area contributed by atoms with Gasteiger partial charge in [0.2, 0.25) is 5.95 Å². The fraction of sp³-hybridized carbons (Fsp3) is 0.375. The fourth-order valence-electron chi connectivity index (χ4n) is 1.01. The number of nitrogens with two attached hydrogens (primary N) is 1. The van der Waals surface area contributed by atoms with Crippen LogP contribution in [0.15, 0.2) is 12.3 Å². The molecule has 11 heavy (non-hydrogen) atoms. The van der Waals surface area contributed by atoms with Crippen LogP contribution in [0, 0.1) is 12.9 Å². The lowest BCUT2D eigenvalue weighted by Crippen LogP contribution is -2.07. The van der Waals surface area contributed by atoms with Crippen LogP contribution in [0.1, 0.15) is 24.1 Å². The zero-order chi connectivity index (χ0) is 8.43. The van der Waals surface area contributed by atoms with Gasteiger partial charge in [0.05, 0.1) is 0 Å². The lowest BCUT2D eigenvalue weighted by Gasteiger charge is -2.07. The third-order valence-electron chi connectivity index (χ3n) is 1.61. The quantitative estimate of drug-likeness (QED) is 0.623. The molecule has 1 aromatic heterocycles. The van der Waals surface area contributed by atoms with E-state index in [-0.39, 0.29) is 6.04 Å². The van der Waals surface area contributed by atoms with Crippen molar-refractivity contribution in [1.82, 2.24) is 4.98 Å². The van der Waals surface area contributed by atoms with Crippen LogP contribution < -0.4 is 5.73 Å². The number of pyridine rings is 1. The maximum atomic E-state index is 12.5. The predicted octanol–water partition coefficient (Wildman–Crippen LogP) is 1.55. The Morgan fingerprint density at radius 1 is 1.64 bits per heavy atom. The minimum atomic E-state index is -0.452. The SMILES string of the molecule is Cc1cc(F)ncc1C(C)N. The van der Waals surface area contributed by atoms with E-state index in [1.165, 1.54) is 12.3 Å². The number of hydrogen-bond acceptors (Lipinski definition) is 2. The number of rotatable bonds is 1. The van der Waals surface area contributed by atoms with Gasteiger partial charge in [-0.2, -0.15) is 4.39 Å². The normalized spacial score (nSPS) is 13.1. The smallest absolute Gasteiger partial charge is 0.213 e. The second kappa shape index (κ2) is 2.96. The monoisotopic (exact) mass is 154 g/mol. The van der Waals surface area contributed by atoms with Crippen LogP contribution in [-0.4, -0.2) is 4.98 Å². The molecule has 1 atom stereocenters. The van der Waals surface area contributed by atoms with Crippen molar-refractivity contribution in [2.45, 2.75) is 19.9 Å². The minimum Gasteiger partial charge on any atom is -0.324 e. The van der Waals surface area contributed by atoms with Gasteiger partial charge in [0, 0.05) is 12.2 Å². The van der Waals surface area contributed by atoms with Gasteiger partial charge in [0.25, 0.3) is 0 Å². The molecule has 0 radical (unpaired) electrons. The molecule has 3 heteroatoms. The molecule has 2 N–H and O–H groups in total. The van der Waals surface area contributed by atoms with Crippen LogP contribution in [0.4, 0.5) is 4.39 Å². The molecule has 0 saturated heterocycles. The summed E-state index contributed by atoms with van der Waals surface area (Å²) in [6, 6.07) is 1.31. The third-order valence-corrected chi connectivity index (χ3v) is 1.61. The molecule has 0 aliphatic heterocycles. The summed E-state index contributed by atoms with van der Waals surface area (Å²) in [4.78, 5) is 3.51. The summed E-state index contributed by atoms with van der Waals surface area (Å²) < 4.78 is 12.5. The molecule has 0 saturated carbocycles. The lowest BCUT2D eigenvalue weighted by atomic mass is 10.1. The average Bonchev–Trinajstić information content (AvgIpc) is 1.85. The van der Waals surface area contributed by atoms with E-state index >= 15 is 0 Å². The Balaban J connectivity index is 3.09. The Morgan fingerprint density at radius 3 is 2.73 bits per heavy atom. The molecule has 0 amide bonds. The van der Waals surface area contributed by atoms with Crippen LogP contribution in [-0.2, 0) is 0 Å². The molecule has 0 fully saturated rings. The molecule has 2 nitrogen and oxygen atoms in total. The van der Waals surface area contributed by atoms with Gasteiger partial charge in [-0.3, -0.25) is 0 Å². The lowest BCUT2D eigenvalue weighted by molar-refractivity contribution is 0.579. The molecule has 1 rings (SSSR count). The van der Waals surface area contributed by atoms with Crippen molar-refractivity contribution in [2.75, 3.05) is 0 Å². The number of halogens is 1. The van der Waals surface area contributed by atoms with Crippen molar-refractivity contribution in [3.63, 3.8) is 0 Å². The summed E-state index contributed by atoms with van der Waals surface area (Å²) >= 11 is 0. The molecule has 60 valence electrons. The molecule has 0 aliphatic carbocycles. The van der Waals surface area contributed by atoms with Crippen LogP contribution >= 0.6 is 0 Å². The number of hydrogen-bond donors (Lipinski definition) is 1. The van der Waals surface area contributed by atoms with Crippen LogP contribution in [0.3, 0.4) is 0 Å². The molecule has 0 spiro atoms. The Hall–Kier alpha value is -0.960. The summed E-state index contributed by atoms with van der Waals surface area (Å²) in [5, 5.41) is 0. The van der Waals surface area contributed by atoms with Gasteiger partial charge in [-0.25, -0.2) is 4.98 Å². The first-order chi connectivity index (χ1) is 5.11. The molecular weight excluding hydrogens is 143 g/mol. The zero-order valence-corrected chi connectivity index (χ0v) is 6.63. The van der Waals surface area contributed by atoms with Crippen molar-refractivity contribution >= 4 is 0 Å². The van der Waals surface area contributed by atoms with Gasteiger partial charge in [-0.1, -0.05) is 0 Å². The molecule has 0 aliphatic rings. The topological polar surface area (TPSA) is 38.9 Å². The summed E-state index contributed by atoms with van der Waals surface area (Å²) in [7, 11) is 0. The van der Waals surface area contributed by atoms with Gasteiger partial charge in [0.15, 0.2) is 0 Å². The Bertz CT molecular complexity index is 258. The minimum absolute atomic E-state index is 0.0805. The van der Waals surface area contributed by atoms with Crippen LogP contribution in [0.25, 0.3) is 0 Å². The molecule has 0 bridgehead atoms. The van der Waals surface area contributed by atoms with Gasteiger partial charge in [-0.15, -0.1) is 0 Å². The molecule has 1 unspecified atom stereocenters. The second-order valence-electron chi connectivity index (χ2n) is 2.65. The first kappa shape index (κ1) is 8.14. The van der Waals surface area contributed by atoms with Crippen molar-refractivity contribution in [3.05, 3.63) is 29.3 Å². The summed E-state index contributed by atoms with van der Waals surface area (Å²) in [5.74, 6) is -0.452. The first-order valence-corrected chi connectivity index (χ1v) is 3.49. The average molecular weight is 154 g/mol. The van der Waals surface area contributed by atoms with E-state index in [1.807, 2.05) is 13.8 Å². The number of nitrogens with zero attached hydrogens (tertiary/aromatic N) is 1. The summed E-state index contributed by atoms with van der Waals surface area (Å²) in [5.41, 5.74) is 7.35. The van der Waals surface area contributed by atoms with E-state index in [9.17, 15) is 4.39 Å². The highest BCUT2D eigenvalue weighted by atomic mass is 19.1. The number of aromatic nitrogens is 1. The molecule has 1 aromatic rings. The van der Waals surface area contributed by atoms with E-state index in [0.29, 0.717) is 0 Å². The Kier molecular flexibility index (Phi) is 2.19. The summed E-state index contributed by atoms with van der Waals surface area (Å²) in [6.07, 6.45) is 1.48.